The van der Waals surface area contributed by atoms with Gasteiger partial charge in [-0.3, -0.25) is 4.79 Å². The summed E-state index contributed by atoms with van der Waals surface area (Å²) < 4.78 is 10.5. The van der Waals surface area contributed by atoms with E-state index in [1.54, 1.807) is 14.2 Å². The number of methoxy groups -OCH3 is 2. The monoisotopic (exact) mass is 348 g/mol. The highest BCUT2D eigenvalue weighted by atomic mass is 16.7. The fraction of sp³-hybridized carbons (Fsp3) is 0.773. The third-order valence-electron chi connectivity index (χ3n) is 7.01. The van der Waals surface area contributed by atoms with E-state index in [0.29, 0.717) is 23.2 Å². The molecule has 0 amide bonds. The van der Waals surface area contributed by atoms with Crippen LogP contribution < -0.4 is 0 Å². The van der Waals surface area contributed by atoms with Crippen LogP contribution in [0.3, 0.4) is 0 Å². The van der Waals surface area contributed by atoms with Gasteiger partial charge in [-0.1, -0.05) is 45.4 Å². The summed E-state index contributed by atoms with van der Waals surface area (Å²) in [6.07, 6.45) is 10.4. The number of rotatable bonds is 7. The topological polar surface area (TPSA) is 35.5 Å². The lowest BCUT2D eigenvalue weighted by Gasteiger charge is -2.58. The number of hydrogen-bond donors (Lipinski definition) is 0. The van der Waals surface area contributed by atoms with Gasteiger partial charge >= 0.3 is 0 Å². The molecule has 0 saturated heterocycles. The minimum Gasteiger partial charge on any atom is -0.356 e. The number of carbonyl (C=O) groups is 1. The van der Waals surface area contributed by atoms with E-state index in [0.717, 1.165) is 30.6 Å². The molecule has 0 bridgehead atoms. The van der Waals surface area contributed by atoms with Crippen LogP contribution in [0.4, 0.5) is 0 Å². The van der Waals surface area contributed by atoms with Gasteiger partial charge in [-0.2, -0.15) is 0 Å². The Hall–Kier alpha value is -0.930. The molecule has 0 N–H and O–H groups in total. The predicted octanol–water partition coefficient (Wildman–Crippen LogP) is 5.31. The van der Waals surface area contributed by atoms with Gasteiger partial charge < -0.3 is 9.47 Å². The first-order chi connectivity index (χ1) is 11.8. The lowest BCUT2D eigenvalue weighted by atomic mass is 9.47. The molecule has 0 aromatic carbocycles. The second kappa shape index (κ2) is 8.18. The quantitative estimate of drug-likeness (QED) is 0.271. The van der Waals surface area contributed by atoms with E-state index in [1.807, 2.05) is 0 Å². The first-order valence-electron chi connectivity index (χ1n) is 9.66. The van der Waals surface area contributed by atoms with E-state index in [4.69, 9.17) is 9.47 Å². The van der Waals surface area contributed by atoms with Gasteiger partial charge in [-0.15, -0.1) is 0 Å². The molecule has 0 aromatic rings. The second-order valence-electron chi connectivity index (χ2n) is 8.89. The van der Waals surface area contributed by atoms with Crippen LogP contribution in [-0.2, 0) is 14.3 Å². The van der Waals surface area contributed by atoms with Gasteiger partial charge in [-0.25, -0.2) is 0 Å². The van der Waals surface area contributed by atoms with Crippen molar-refractivity contribution in [1.29, 1.82) is 0 Å². The van der Waals surface area contributed by atoms with Crippen LogP contribution in [0, 0.1) is 22.7 Å². The predicted molar refractivity (Wildman–Crippen MR) is 102 cm³/mol. The second-order valence-corrected chi connectivity index (χ2v) is 8.89. The van der Waals surface area contributed by atoms with Crippen LogP contribution in [0.5, 0.6) is 0 Å². The van der Waals surface area contributed by atoms with Crippen molar-refractivity contribution in [3.63, 3.8) is 0 Å². The Balaban J connectivity index is 2.19. The lowest BCUT2D eigenvalue weighted by Crippen LogP contribution is -2.49. The molecule has 2 aliphatic carbocycles. The molecule has 2 fully saturated rings. The largest absolute Gasteiger partial charge is 0.356 e. The third kappa shape index (κ3) is 4.25. The summed E-state index contributed by atoms with van der Waals surface area (Å²) in [7, 11) is 3.21. The van der Waals surface area contributed by atoms with Crippen LogP contribution in [0.1, 0.15) is 65.7 Å². The molecule has 3 atom stereocenters. The Morgan fingerprint density at radius 2 is 1.96 bits per heavy atom. The van der Waals surface area contributed by atoms with Gasteiger partial charge in [0.1, 0.15) is 6.29 Å². The van der Waals surface area contributed by atoms with Crippen molar-refractivity contribution >= 4 is 6.29 Å². The molecular formula is C22H36O3. The summed E-state index contributed by atoms with van der Waals surface area (Å²) in [5.74, 6) is 1.20. The summed E-state index contributed by atoms with van der Waals surface area (Å²) in [6, 6.07) is 0. The maximum Gasteiger partial charge on any atom is 0.160 e. The Bertz CT molecular complexity index is 515. The van der Waals surface area contributed by atoms with Crippen molar-refractivity contribution < 1.29 is 14.3 Å². The molecule has 0 heterocycles. The number of fused-ring (bicyclic) bond motifs is 1. The van der Waals surface area contributed by atoms with E-state index in [-0.39, 0.29) is 6.29 Å². The van der Waals surface area contributed by atoms with Crippen molar-refractivity contribution in [2.24, 2.45) is 22.7 Å². The zero-order valence-corrected chi connectivity index (χ0v) is 16.8. The Labute approximate surface area is 153 Å². The summed E-state index contributed by atoms with van der Waals surface area (Å²) in [5.41, 5.74) is 2.83. The SMILES string of the molecule is C=C1CC[C@H]2C(C)(C)CCC[C@]2(C)[C@H]1C/C=C(/C=O)CC(OC)OC. The maximum atomic E-state index is 11.5. The number of ether oxygens (including phenoxy) is 2. The Morgan fingerprint density at radius 1 is 1.28 bits per heavy atom. The molecule has 2 rings (SSSR count). The van der Waals surface area contributed by atoms with Crippen molar-refractivity contribution in [3.05, 3.63) is 23.8 Å². The number of aldehydes is 1. The van der Waals surface area contributed by atoms with Gasteiger partial charge in [0.05, 0.1) is 0 Å². The van der Waals surface area contributed by atoms with Gasteiger partial charge in [0.2, 0.25) is 0 Å². The smallest absolute Gasteiger partial charge is 0.160 e. The average molecular weight is 349 g/mol. The van der Waals surface area contributed by atoms with Crippen LogP contribution in [0.25, 0.3) is 0 Å². The fourth-order valence-electron chi connectivity index (χ4n) is 5.61. The number of carbonyl (C=O) groups excluding carboxylic acids is 1. The average Bonchev–Trinajstić information content (AvgIpc) is 2.56. The molecule has 0 aliphatic heterocycles. The zero-order valence-electron chi connectivity index (χ0n) is 16.8. The summed E-state index contributed by atoms with van der Waals surface area (Å²) in [4.78, 5) is 11.5. The van der Waals surface area contributed by atoms with Crippen LogP contribution in [0.15, 0.2) is 23.8 Å². The highest BCUT2D eigenvalue weighted by Gasteiger charge is 2.52. The summed E-state index contributed by atoms with van der Waals surface area (Å²) in [6.45, 7) is 11.8. The van der Waals surface area contributed by atoms with Crippen LogP contribution in [0.2, 0.25) is 0 Å². The normalized spacial score (nSPS) is 32.6. The summed E-state index contributed by atoms with van der Waals surface area (Å²) in [5, 5.41) is 0. The van der Waals surface area contributed by atoms with E-state index in [2.05, 4.69) is 33.4 Å². The van der Waals surface area contributed by atoms with Crippen molar-refractivity contribution in [3.8, 4) is 0 Å². The Kier molecular flexibility index (Phi) is 6.67. The molecule has 2 aliphatic rings. The van der Waals surface area contributed by atoms with Crippen molar-refractivity contribution in [1.82, 2.24) is 0 Å². The maximum absolute atomic E-state index is 11.5. The zero-order chi connectivity index (χ0) is 18.7. The molecule has 0 aromatic heterocycles. The standard InChI is InChI=1S/C22H36O3/c1-16-8-11-19-21(2,3)12-7-13-22(19,4)18(16)10-9-17(15-23)14-20(24-5)25-6/h9,15,18-20H,1,7-8,10-14H2,2-6H3/b17-9+/t18-,19-,22+/m0/s1. The fourth-order valence-corrected chi connectivity index (χ4v) is 5.61. The molecule has 3 heteroatoms. The van der Waals surface area contributed by atoms with Gasteiger partial charge in [-0.05, 0) is 60.3 Å². The molecule has 2 saturated carbocycles. The highest BCUT2D eigenvalue weighted by Crippen LogP contribution is 2.61. The van der Waals surface area contributed by atoms with Crippen molar-refractivity contribution in [2.75, 3.05) is 14.2 Å². The molecule has 0 unspecified atom stereocenters. The number of hydrogen-bond acceptors (Lipinski definition) is 3. The van der Waals surface area contributed by atoms with Crippen LogP contribution in [-0.4, -0.2) is 26.8 Å². The molecule has 25 heavy (non-hydrogen) atoms. The Morgan fingerprint density at radius 3 is 2.56 bits per heavy atom. The molecule has 0 spiro atoms. The first-order valence-corrected chi connectivity index (χ1v) is 9.66. The molecule has 3 nitrogen and oxygen atoms in total. The third-order valence-corrected chi connectivity index (χ3v) is 7.01. The van der Waals surface area contributed by atoms with Gasteiger partial charge in [0.15, 0.2) is 6.29 Å². The van der Waals surface area contributed by atoms with E-state index in [1.165, 1.54) is 31.3 Å². The van der Waals surface area contributed by atoms with Crippen LogP contribution >= 0.6 is 0 Å². The lowest BCUT2D eigenvalue weighted by molar-refractivity contribution is -0.111. The van der Waals surface area contributed by atoms with E-state index < -0.39 is 0 Å². The van der Waals surface area contributed by atoms with E-state index in [9.17, 15) is 4.79 Å². The van der Waals surface area contributed by atoms with Gasteiger partial charge in [0.25, 0.3) is 0 Å². The molecule has 0 radical (unpaired) electrons. The minimum atomic E-state index is -0.358. The number of allylic oxidation sites excluding steroid dienone is 2. The molecular weight excluding hydrogens is 312 g/mol. The first kappa shape index (κ1) is 20.4. The van der Waals surface area contributed by atoms with Gasteiger partial charge in [0, 0.05) is 20.6 Å². The van der Waals surface area contributed by atoms with E-state index >= 15 is 0 Å². The molecule has 142 valence electrons. The minimum absolute atomic E-state index is 0.295. The van der Waals surface area contributed by atoms with Crippen molar-refractivity contribution in [2.45, 2.75) is 72.0 Å². The highest BCUT2D eigenvalue weighted by molar-refractivity contribution is 5.73. The summed E-state index contributed by atoms with van der Waals surface area (Å²) >= 11 is 0.